The van der Waals surface area contributed by atoms with E-state index in [0.29, 0.717) is 31.7 Å². The minimum absolute atomic E-state index is 0.0108. The van der Waals surface area contributed by atoms with Crippen LogP contribution in [0.3, 0.4) is 0 Å². The molecule has 3 N–H and O–H groups in total. The SMILES string of the molecule is Cc1cccc(C(=O)N2CCN(C(=O)CCC(=O)NN)CC2)c1. The van der Waals surface area contributed by atoms with Crippen LogP contribution >= 0.6 is 0 Å². The van der Waals surface area contributed by atoms with E-state index in [0.717, 1.165) is 5.56 Å². The molecule has 1 aromatic rings. The summed E-state index contributed by atoms with van der Waals surface area (Å²) in [4.78, 5) is 39.0. The first-order valence-corrected chi connectivity index (χ1v) is 7.64. The van der Waals surface area contributed by atoms with E-state index in [1.165, 1.54) is 0 Å². The van der Waals surface area contributed by atoms with Gasteiger partial charge in [0.05, 0.1) is 0 Å². The topological polar surface area (TPSA) is 95.7 Å². The fraction of sp³-hybridized carbons (Fsp3) is 0.438. The lowest BCUT2D eigenvalue weighted by molar-refractivity contribution is -0.134. The molecule has 7 nitrogen and oxygen atoms in total. The molecule has 1 aromatic carbocycles. The van der Waals surface area contributed by atoms with E-state index in [2.05, 4.69) is 0 Å². The molecule has 0 saturated carbocycles. The first-order chi connectivity index (χ1) is 11.0. The van der Waals surface area contributed by atoms with Crippen molar-refractivity contribution in [2.45, 2.75) is 19.8 Å². The van der Waals surface area contributed by atoms with Crippen LogP contribution in [0.15, 0.2) is 24.3 Å². The Hall–Kier alpha value is -2.41. The number of hydrogen-bond acceptors (Lipinski definition) is 4. The molecule has 124 valence electrons. The zero-order chi connectivity index (χ0) is 16.8. The van der Waals surface area contributed by atoms with Gasteiger partial charge < -0.3 is 9.80 Å². The number of aryl methyl sites for hydroxylation is 1. The Kier molecular flexibility index (Phi) is 5.70. The van der Waals surface area contributed by atoms with Gasteiger partial charge in [-0.1, -0.05) is 17.7 Å². The molecule has 0 spiro atoms. The van der Waals surface area contributed by atoms with Gasteiger partial charge in [-0.2, -0.15) is 0 Å². The van der Waals surface area contributed by atoms with Crippen LogP contribution in [0.4, 0.5) is 0 Å². The smallest absolute Gasteiger partial charge is 0.253 e. The fourth-order valence-corrected chi connectivity index (χ4v) is 2.57. The number of nitrogens with zero attached hydrogens (tertiary/aromatic N) is 2. The summed E-state index contributed by atoms with van der Waals surface area (Å²) in [6, 6.07) is 7.49. The van der Waals surface area contributed by atoms with Gasteiger partial charge >= 0.3 is 0 Å². The lowest BCUT2D eigenvalue weighted by Crippen LogP contribution is -2.50. The Bertz CT molecular complexity index is 595. The van der Waals surface area contributed by atoms with Gasteiger partial charge in [0, 0.05) is 44.6 Å². The second-order valence-corrected chi connectivity index (χ2v) is 5.61. The zero-order valence-electron chi connectivity index (χ0n) is 13.2. The van der Waals surface area contributed by atoms with E-state index in [9.17, 15) is 14.4 Å². The third-order valence-corrected chi connectivity index (χ3v) is 3.91. The van der Waals surface area contributed by atoms with Crippen molar-refractivity contribution < 1.29 is 14.4 Å². The molecule has 0 atom stereocenters. The molecule has 2 rings (SSSR count). The van der Waals surface area contributed by atoms with E-state index in [1.54, 1.807) is 15.9 Å². The van der Waals surface area contributed by atoms with Crippen LogP contribution in [0.1, 0.15) is 28.8 Å². The Balaban J connectivity index is 1.85. The average molecular weight is 318 g/mol. The lowest BCUT2D eigenvalue weighted by atomic mass is 10.1. The van der Waals surface area contributed by atoms with Crippen LogP contribution in [0, 0.1) is 6.92 Å². The largest absolute Gasteiger partial charge is 0.339 e. The molecule has 7 heteroatoms. The summed E-state index contributed by atoms with van der Waals surface area (Å²) in [5.41, 5.74) is 3.72. The molecule has 1 aliphatic rings. The number of nitrogens with one attached hydrogen (secondary N) is 1. The molecular weight excluding hydrogens is 296 g/mol. The Labute approximate surface area is 135 Å². The number of piperazine rings is 1. The molecule has 1 aliphatic heterocycles. The molecule has 0 aliphatic carbocycles. The molecule has 3 amide bonds. The van der Waals surface area contributed by atoms with Crippen molar-refractivity contribution in [3.05, 3.63) is 35.4 Å². The van der Waals surface area contributed by atoms with Crippen molar-refractivity contribution in [3.63, 3.8) is 0 Å². The van der Waals surface area contributed by atoms with Crippen molar-refractivity contribution >= 4 is 17.7 Å². The number of benzene rings is 1. The first-order valence-electron chi connectivity index (χ1n) is 7.64. The monoisotopic (exact) mass is 318 g/mol. The van der Waals surface area contributed by atoms with Crippen molar-refractivity contribution in [1.29, 1.82) is 0 Å². The summed E-state index contributed by atoms with van der Waals surface area (Å²) < 4.78 is 0. The predicted molar refractivity (Wildman–Crippen MR) is 85.2 cm³/mol. The number of amides is 3. The lowest BCUT2D eigenvalue weighted by Gasteiger charge is -2.35. The minimum Gasteiger partial charge on any atom is -0.339 e. The number of carbonyl (C=O) groups excluding carboxylic acids is 3. The molecule has 1 heterocycles. The van der Waals surface area contributed by atoms with Crippen LogP contribution in [-0.2, 0) is 9.59 Å². The molecule has 23 heavy (non-hydrogen) atoms. The summed E-state index contributed by atoms with van der Waals surface area (Å²) in [6.07, 6.45) is 0.215. The quantitative estimate of drug-likeness (QED) is 0.466. The van der Waals surface area contributed by atoms with Crippen molar-refractivity contribution in [2.75, 3.05) is 26.2 Å². The first kappa shape index (κ1) is 17.0. The van der Waals surface area contributed by atoms with Crippen LogP contribution in [0.5, 0.6) is 0 Å². The third-order valence-electron chi connectivity index (χ3n) is 3.91. The van der Waals surface area contributed by atoms with Crippen molar-refractivity contribution in [1.82, 2.24) is 15.2 Å². The van der Waals surface area contributed by atoms with Crippen molar-refractivity contribution in [3.8, 4) is 0 Å². The Morgan fingerprint density at radius 1 is 1.09 bits per heavy atom. The predicted octanol–water partition coefficient (Wildman–Crippen LogP) is 0.0495. The second-order valence-electron chi connectivity index (χ2n) is 5.61. The highest BCUT2D eigenvalue weighted by molar-refractivity contribution is 5.94. The van der Waals surface area contributed by atoms with E-state index in [-0.39, 0.29) is 30.6 Å². The number of hydrazine groups is 1. The van der Waals surface area contributed by atoms with E-state index in [4.69, 9.17) is 5.84 Å². The number of rotatable bonds is 4. The molecule has 0 bridgehead atoms. The summed E-state index contributed by atoms with van der Waals surface area (Å²) in [5, 5.41) is 0. The fourth-order valence-electron chi connectivity index (χ4n) is 2.57. The normalized spacial score (nSPS) is 14.5. The number of hydrogen-bond donors (Lipinski definition) is 2. The zero-order valence-corrected chi connectivity index (χ0v) is 13.2. The summed E-state index contributed by atoms with van der Waals surface area (Å²) in [5.74, 6) is 4.53. The maximum atomic E-state index is 12.4. The molecule has 1 saturated heterocycles. The van der Waals surface area contributed by atoms with Gasteiger partial charge in [-0.15, -0.1) is 0 Å². The van der Waals surface area contributed by atoms with Gasteiger partial charge in [0.1, 0.15) is 0 Å². The van der Waals surface area contributed by atoms with Gasteiger partial charge in [0.25, 0.3) is 5.91 Å². The van der Waals surface area contributed by atoms with Gasteiger partial charge in [0.15, 0.2) is 0 Å². The van der Waals surface area contributed by atoms with Crippen LogP contribution < -0.4 is 11.3 Å². The molecular formula is C16H22N4O3. The van der Waals surface area contributed by atoms with E-state index < -0.39 is 0 Å². The van der Waals surface area contributed by atoms with E-state index >= 15 is 0 Å². The molecule has 0 radical (unpaired) electrons. The van der Waals surface area contributed by atoms with Crippen LogP contribution in [0.25, 0.3) is 0 Å². The van der Waals surface area contributed by atoms with Crippen molar-refractivity contribution in [2.24, 2.45) is 5.84 Å². The minimum atomic E-state index is -0.355. The highest BCUT2D eigenvalue weighted by Crippen LogP contribution is 2.11. The van der Waals surface area contributed by atoms with Crippen LogP contribution in [0.2, 0.25) is 0 Å². The Morgan fingerprint density at radius 2 is 1.74 bits per heavy atom. The van der Waals surface area contributed by atoms with Gasteiger partial charge in [-0.3, -0.25) is 19.8 Å². The number of carbonyl (C=O) groups is 3. The number of nitrogens with two attached hydrogens (primary N) is 1. The van der Waals surface area contributed by atoms with Crippen LogP contribution in [-0.4, -0.2) is 53.7 Å². The third kappa shape index (κ3) is 4.53. The Morgan fingerprint density at radius 3 is 2.35 bits per heavy atom. The maximum Gasteiger partial charge on any atom is 0.253 e. The highest BCUT2D eigenvalue weighted by atomic mass is 16.2. The standard InChI is InChI=1S/C16H22N4O3/c1-12-3-2-4-13(11-12)16(23)20-9-7-19(8-10-20)15(22)6-5-14(21)18-17/h2-4,11H,5-10,17H2,1H3,(H,18,21). The van der Waals surface area contributed by atoms with Gasteiger partial charge in [0.2, 0.25) is 11.8 Å². The van der Waals surface area contributed by atoms with Gasteiger partial charge in [-0.05, 0) is 19.1 Å². The summed E-state index contributed by atoms with van der Waals surface area (Å²) >= 11 is 0. The summed E-state index contributed by atoms with van der Waals surface area (Å²) in [6.45, 7) is 3.93. The molecule has 0 unspecified atom stereocenters. The molecule has 0 aromatic heterocycles. The highest BCUT2D eigenvalue weighted by Gasteiger charge is 2.24. The van der Waals surface area contributed by atoms with Gasteiger partial charge in [-0.25, -0.2) is 5.84 Å². The summed E-state index contributed by atoms with van der Waals surface area (Å²) in [7, 11) is 0. The second kappa shape index (κ2) is 7.73. The maximum absolute atomic E-state index is 12.4. The molecule has 1 fully saturated rings. The average Bonchev–Trinajstić information content (AvgIpc) is 2.58. The van der Waals surface area contributed by atoms with E-state index in [1.807, 2.05) is 30.5 Å².